The molecule has 0 saturated carbocycles. The van der Waals surface area contributed by atoms with Crippen LogP contribution in [-0.4, -0.2) is 20.9 Å². The molecule has 0 aliphatic heterocycles. The molecule has 8 heteroatoms. The number of amides is 1. The highest BCUT2D eigenvalue weighted by atomic mass is 19.1. The van der Waals surface area contributed by atoms with Gasteiger partial charge in [-0.1, -0.05) is 5.21 Å². The molecule has 5 nitrogen and oxygen atoms in total. The van der Waals surface area contributed by atoms with Crippen LogP contribution in [0.1, 0.15) is 16.2 Å². The van der Waals surface area contributed by atoms with Crippen LogP contribution in [0.4, 0.5) is 18.9 Å². The lowest BCUT2D eigenvalue weighted by Gasteiger charge is -2.06. The molecule has 0 saturated heterocycles. The molecule has 1 N–H and O–H groups in total. The molecule has 0 aliphatic rings. The van der Waals surface area contributed by atoms with Crippen molar-refractivity contribution in [3.8, 4) is 5.69 Å². The molecule has 3 rings (SSSR count). The number of benzene rings is 2. The number of nitrogens with one attached hydrogen (secondary N) is 1. The third-order valence-electron chi connectivity index (χ3n) is 3.36. The van der Waals surface area contributed by atoms with Crippen LogP contribution in [0.3, 0.4) is 0 Å². The van der Waals surface area contributed by atoms with E-state index in [1.165, 1.54) is 28.9 Å². The van der Waals surface area contributed by atoms with Gasteiger partial charge in [0.15, 0.2) is 5.69 Å². The van der Waals surface area contributed by atoms with Crippen molar-refractivity contribution in [2.45, 2.75) is 6.92 Å². The summed E-state index contributed by atoms with van der Waals surface area (Å²) in [5.41, 5.74) is 0.718. The minimum absolute atomic E-state index is 0.0250. The Balaban J connectivity index is 1.87. The predicted octanol–water partition coefficient (Wildman–Crippen LogP) is 3.25. The molecule has 1 aromatic heterocycles. The van der Waals surface area contributed by atoms with Crippen molar-refractivity contribution >= 4 is 11.6 Å². The summed E-state index contributed by atoms with van der Waals surface area (Å²) >= 11 is 0. The smallest absolute Gasteiger partial charge is 0.278 e. The second kappa shape index (κ2) is 6.15. The SMILES string of the molecule is Cc1c(C(=O)Nc2ccc(F)cc2F)nnn1-c1ccc(F)cc1. The average Bonchev–Trinajstić information content (AvgIpc) is 2.92. The van der Waals surface area contributed by atoms with Gasteiger partial charge in [-0.05, 0) is 43.3 Å². The minimum Gasteiger partial charge on any atom is -0.318 e. The largest absolute Gasteiger partial charge is 0.318 e. The summed E-state index contributed by atoms with van der Waals surface area (Å²) in [4.78, 5) is 12.2. The Labute approximate surface area is 134 Å². The zero-order valence-corrected chi connectivity index (χ0v) is 12.4. The molecule has 0 spiro atoms. The van der Waals surface area contributed by atoms with Gasteiger partial charge in [-0.3, -0.25) is 4.79 Å². The quantitative estimate of drug-likeness (QED) is 0.801. The van der Waals surface area contributed by atoms with Gasteiger partial charge < -0.3 is 5.32 Å². The molecule has 0 fully saturated rings. The van der Waals surface area contributed by atoms with Crippen molar-refractivity contribution in [2.75, 3.05) is 5.32 Å². The highest BCUT2D eigenvalue weighted by Gasteiger charge is 2.18. The number of hydrogen-bond donors (Lipinski definition) is 1. The third kappa shape index (κ3) is 2.98. The van der Waals surface area contributed by atoms with E-state index in [0.717, 1.165) is 12.1 Å². The molecule has 0 atom stereocenters. The van der Waals surface area contributed by atoms with E-state index in [9.17, 15) is 18.0 Å². The summed E-state index contributed by atoms with van der Waals surface area (Å²) in [5.74, 6) is -2.73. The minimum atomic E-state index is -0.896. The zero-order chi connectivity index (χ0) is 17.3. The van der Waals surface area contributed by atoms with E-state index in [4.69, 9.17) is 0 Å². The molecule has 0 radical (unpaired) electrons. The van der Waals surface area contributed by atoms with Gasteiger partial charge in [0.2, 0.25) is 0 Å². The maximum absolute atomic E-state index is 13.6. The fourth-order valence-corrected chi connectivity index (χ4v) is 2.14. The Hall–Kier alpha value is -3.16. The molecule has 24 heavy (non-hydrogen) atoms. The van der Waals surface area contributed by atoms with Gasteiger partial charge in [0.05, 0.1) is 17.1 Å². The van der Waals surface area contributed by atoms with E-state index in [1.807, 2.05) is 0 Å². The molecule has 0 bridgehead atoms. The average molecular weight is 332 g/mol. The third-order valence-corrected chi connectivity index (χ3v) is 3.36. The van der Waals surface area contributed by atoms with E-state index in [1.54, 1.807) is 6.92 Å². The lowest BCUT2D eigenvalue weighted by molar-refractivity contribution is 0.102. The summed E-state index contributed by atoms with van der Waals surface area (Å²) < 4.78 is 40.8. The molecule has 1 heterocycles. The van der Waals surface area contributed by atoms with Crippen molar-refractivity contribution in [3.63, 3.8) is 0 Å². The fourth-order valence-electron chi connectivity index (χ4n) is 2.14. The van der Waals surface area contributed by atoms with Gasteiger partial charge in [-0.25, -0.2) is 17.9 Å². The second-order valence-corrected chi connectivity index (χ2v) is 4.99. The summed E-state index contributed by atoms with van der Waals surface area (Å²) in [6.07, 6.45) is 0. The van der Waals surface area contributed by atoms with Crippen LogP contribution in [0.2, 0.25) is 0 Å². The molecule has 0 aliphatic carbocycles. The van der Waals surface area contributed by atoms with Crippen LogP contribution in [0.15, 0.2) is 42.5 Å². The molecule has 0 unspecified atom stereocenters. The van der Waals surface area contributed by atoms with E-state index in [0.29, 0.717) is 17.4 Å². The molecule has 2 aromatic carbocycles. The highest BCUT2D eigenvalue weighted by molar-refractivity contribution is 6.03. The Morgan fingerprint density at radius 1 is 1.04 bits per heavy atom. The molecular formula is C16H11F3N4O. The second-order valence-electron chi connectivity index (χ2n) is 4.99. The predicted molar refractivity (Wildman–Crippen MR) is 80.4 cm³/mol. The maximum Gasteiger partial charge on any atom is 0.278 e. The number of halogens is 3. The number of anilines is 1. The topological polar surface area (TPSA) is 59.8 Å². The highest BCUT2D eigenvalue weighted by Crippen LogP contribution is 2.18. The van der Waals surface area contributed by atoms with Gasteiger partial charge in [-0.2, -0.15) is 0 Å². The molecule has 122 valence electrons. The first kappa shape index (κ1) is 15.7. The Morgan fingerprint density at radius 2 is 1.71 bits per heavy atom. The van der Waals surface area contributed by atoms with Crippen molar-refractivity contribution in [2.24, 2.45) is 0 Å². The number of carbonyl (C=O) groups excluding carboxylic acids is 1. The monoisotopic (exact) mass is 332 g/mol. The molecule has 3 aromatic rings. The Bertz CT molecular complexity index is 906. The van der Waals surface area contributed by atoms with Gasteiger partial charge in [0.25, 0.3) is 5.91 Å². The van der Waals surface area contributed by atoms with Crippen LogP contribution in [0.25, 0.3) is 5.69 Å². The van der Waals surface area contributed by atoms with Crippen LogP contribution < -0.4 is 5.32 Å². The zero-order valence-electron chi connectivity index (χ0n) is 12.4. The number of aromatic nitrogens is 3. The summed E-state index contributed by atoms with van der Waals surface area (Å²) in [6, 6.07) is 8.28. The first-order valence-corrected chi connectivity index (χ1v) is 6.90. The van der Waals surface area contributed by atoms with E-state index < -0.39 is 23.4 Å². The van der Waals surface area contributed by atoms with Crippen molar-refractivity contribution in [3.05, 3.63) is 71.3 Å². The van der Waals surface area contributed by atoms with Gasteiger partial charge >= 0.3 is 0 Å². The Kier molecular flexibility index (Phi) is 4.03. The van der Waals surface area contributed by atoms with E-state index in [-0.39, 0.29) is 11.4 Å². The normalized spacial score (nSPS) is 10.7. The van der Waals surface area contributed by atoms with Crippen molar-refractivity contribution < 1.29 is 18.0 Å². The Morgan fingerprint density at radius 3 is 2.38 bits per heavy atom. The van der Waals surface area contributed by atoms with Crippen molar-refractivity contribution in [1.29, 1.82) is 0 Å². The maximum atomic E-state index is 13.6. The summed E-state index contributed by atoms with van der Waals surface area (Å²) in [7, 11) is 0. The molecule has 1 amide bonds. The summed E-state index contributed by atoms with van der Waals surface area (Å²) in [6.45, 7) is 1.60. The van der Waals surface area contributed by atoms with Crippen LogP contribution in [-0.2, 0) is 0 Å². The lowest BCUT2D eigenvalue weighted by Crippen LogP contribution is -2.15. The summed E-state index contributed by atoms with van der Waals surface area (Å²) in [5, 5.41) is 9.93. The van der Waals surface area contributed by atoms with Gasteiger partial charge in [0.1, 0.15) is 17.5 Å². The van der Waals surface area contributed by atoms with Crippen LogP contribution in [0, 0.1) is 24.4 Å². The lowest BCUT2D eigenvalue weighted by atomic mass is 10.2. The standard InChI is InChI=1S/C16H11F3N4O/c1-9-15(16(24)20-14-7-4-11(18)8-13(14)19)21-22-23(9)12-5-2-10(17)3-6-12/h2-8H,1H3,(H,20,24). The van der Waals surface area contributed by atoms with Crippen LogP contribution >= 0.6 is 0 Å². The number of rotatable bonds is 3. The first-order chi connectivity index (χ1) is 11.5. The van der Waals surface area contributed by atoms with E-state index >= 15 is 0 Å². The van der Waals surface area contributed by atoms with Crippen molar-refractivity contribution in [1.82, 2.24) is 15.0 Å². The molecular weight excluding hydrogens is 321 g/mol. The van der Waals surface area contributed by atoms with Crippen LogP contribution in [0.5, 0.6) is 0 Å². The van der Waals surface area contributed by atoms with E-state index in [2.05, 4.69) is 15.6 Å². The van der Waals surface area contributed by atoms with Gasteiger partial charge in [-0.15, -0.1) is 5.10 Å². The first-order valence-electron chi connectivity index (χ1n) is 6.90. The van der Waals surface area contributed by atoms with Gasteiger partial charge in [0, 0.05) is 6.07 Å². The number of hydrogen-bond acceptors (Lipinski definition) is 3. The number of nitrogens with zero attached hydrogens (tertiary/aromatic N) is 3. The fraction of sp³-hybridized carbons (Fsp3) is 0.0625. The number of carbonyl (C=O) groups is 1.